The molecule has 0 unspecified atom stereocenters. The second-order valence-corrected chi connectivity index (χ2v) is 11.1. The zero-order valence-corrected chi connectivity index (χ0v) is 20.7. The molecule has 10 nitrogen and oxygen atoms in total. The van der Waals surface area contributed by atoms with Gasteiger partial charge in [0.05, 0.1) is 6.54 Å². The first-order chi connectivity index (χ1) is 17.3. The molecule has 0 spiro atoms. The molecular formula is C24H26N6O4S2. The van der Waals surface area contributed by atoms with Crippen molar-refractivity contribution < 1.29 is 18.4 Å². The van der Waals surface area contributed by atoms with Crippen LogP contribution in [0.3, 0.4) is 0 Å². The van der Waals surface area contributed by atoms with E-state index in [4.69, 9.17) is 11.6 Å². The molecule has 0 aliphatic carbocycles. The fraction of sp³-hybridized carbons (Fsp3) is 0.125. The fourth-order valence-corrected chi connectivity index (χ4v) is 6.09. The molecule has 0 aliphatic heterocycles. The third kappa shape index (κ3) is 5.75. The largest absolute Gasteiger partial charge is 0.400 e. The number of aromatic nitrogens is 1. The SMILES string of the molecule is N/C(=C\N(N)[C@H](Cc1c[nH]c2ccccc12)C(=O)NO)CNS(=O)(=O)c1ccc(-c2ccccc2)s1. The number of carbonyl (C=O) groups excluding carboxylic acids is 1. The Morgan fingerprint density at radius 1 is 1.11 bits per heavy atom. The summed E-state index contributed by atoms with van der Waals surface area (Å²) in [7, 11) is -3.82. The van der Waals surface area contributed by atoms with Gasteiger partial charge in [0.15, 0.2) is 0 Å². The van der Waals surface area contributed by atoms with E-state index in [9.17, 15) is 18.4 Å². The summed E-state index contributed by atoms with van der Waals surface area (Å²) in [6, 6.07) is 19.3. The van der Waals surface area contributed by atoms with Gasteiger partial charge in [-0.1, -0.05) is 48.5 Å². The van der Waals surface area contributed by atoms with E-state index in [0.29, 0.717) is 0 Å². The number of amides is 1. The van der Waals surface area contributed by atoms with Gasteiger partial charge in [-0.25, -0.2) is 24.5 Å². The lowest BCUT2D eigenvalue weighted by molar-refractivity contribution is -0.134. The number of benzene rings is 2. The summed E-state index contributed by atoms with van der Waals surface area (Å²) < 4.78 is 28.1. The average molecular weight is 527 g/mol. The molecule has 1 amide bonds. The number of aromatic amines is 1. The van der Waals surface area contributed by atoms with Crippen molar-refractivity contribution in [2.45, 2.75) is 16.7 Å². The molecule has 12 heteroatoms. The number of sulfonamides is 1. The number of hydrazine groups is 1. The van der Waals surface area contributed by atoms with Gasteiger partial charge in [-0.2, -0.15) is 0 Å². The van der Waals surface area contributed by atoms with Crippen LogP contribution in [-0.2, 0) is 21.2 Å². The maximum Gasteiger partial charge on any atom is 0.267 e. The molecule has 0 bridgehead atoms. The Hall–Kier alpha value is -3.68. The van der Waals surface area contributed by atoms with Crippen LogP contribution < -0.4 is 21.8 Å². The smallest absolute Gasteiger partial charge is 0.267 e. The number of thiophene rings is 1. The second kappa shape index (κ2) is 10.9. The monoisotopic (exact) mass is 526 g/mol. The lowest BCUT2D eigenvalue weighted by Gasteiger charge is -2.25. The van der Waals surface area contributed by atoms with Crippen LogP contribution in [-0.4, -0.2) is 42.1 Å². The average Bonchev–Trinajstić information content (AvgIpc) is 3.54. The minimum Gasteiger partial charge on any atom is -0.400 e. The molecular weight excluding hydrogens is 500 g/mol. The van der Waals surface area contributed by atoms with Crippen molar-refractivity contribution in [3.05, 3.63) is 90.4 Å². The first kappa shape index (κ1) is 25.4. The van der Waals surface area contributed by atoms with E-state index in [1.165, 1.54) is 12.3 Å². The Kier molecular flexibility index (Phi) is 7.72. The fourth-order valence-electron chi connectivity index (χ4n) is 3.72. The molecule has 8 N–H and O–H groups in total. The topological polar surface area (TPSA) is 167 Å². The maximum absolute atomic E-state index is 12.8. The lowest BCUT2D eigenvalue weighted by Crippen LogP contribution is -2.49. The van der Waals surface area contributed by atoms with Crippen LogP contribution in [0.4, 0.5) is 0 Å². The number of carbonyl (C=O) groups is 1. The highest BCUT2D eigenvalue weighted by Gasteiger charge is 2.24. The summed E-state index contributed by atoms with van der Waals surface area (Å²) in [4.78, 5) is 16.3. The number of nitrogens with zero attached hydrogens (tertiary/aromatic N) is 1. The molecule has 1 atom stereocenters. The van der Waals surface area contributed by atoms with Crippen molar-refractivity contribution in [1.29, 1.82) is 0 Å². The van der Waals surface area contributed by atoms with E-state index in [0.717, 1.165) is 43.3 Å². The number of nitrogens with two attached hydrogens (primary N) is 2. The third-order valence-electron chi connectivity index (χ3n) is 5.55. The van der Waals surface area contributed by atoms with Gasteiger partial charge in [0.1, 0.15) is 10.3 Å². The number of nitrogens with one attached hydrogen (secondary N) is 3. The Morgan fingerprint density at radius 2 is 1.83 bits per heavy atom. The van der Waals surface area contributed by atoms with E-state index in [1.54, 1.807) is 17.7 Å². The summed E-state index contributed by atoms with van der Waals surface area (Å²) in [5.41, 5.74) is 10.3. The van der Waals surface area contributed by atoms with Crippen molar-refractivity contribution in [1.82, 2.24) is 20.2 Å². The summed E-state index contributed by atoms with van der Waals surface area (Å²) in [5, 5.41) is 11.2. The van der Waals surface area contributed by atoms with E-state index >= 15 is 0 Å². The molecule has 4 rings (SSSR count). The van der Waals surface area contributed by atoms with Crippen molar-refractivity contribution >= 4 is 38.2 Å². The zero-order valence-electron chi connectivity index (χ0n) is 19.1. The van der Waals surface area contributed by atoms with E-state index < -0.39 is 22.0 Å². The van der Waals surface area contributed by atoms with Crippen molar-refractivity contribution in [3.63, 3.8) is 0 Å². The predicted octanol–water partition coefficient (Wildman–Crippen LogP) is 2.27. The molecule has 0 radical (unpaired) electrons. The Bertz CT molecular complexity index is 1480. The third-order valence-corrected chi connectivity index (χ3v) is 8.57. The van der Waals surface area contributed by atoms with Gasteiger partial charge in [0.25, 0.3) is 5.91 Å². The van der Waals surface area contributed by atoms with Crippen LogP contribution in [0.2, 0.25) is 0 Å². The van der Waals surface area contributed by atoms with Crippen LogP contribution in [0.1, 0.15) is 5.56 Å². The van der Waals surface area contributed by atoms with Crippen LogP contribution in [0.15, 0.2) is 89.0 Å². The van der Waals surface area contributed by atoms with E-state index in [-0.39, 0.29) is 22.9 Å². The molecule has 188 valence electrons. The number of H-pyrrole nitrogens is 1. The Labute approximate surface area is 212 Å². The second-order valence-electron chi connectivity index (χ2n) is 8.02. The lowest BCUT2D eigenvalue weighted by atomic mass is 10.0. The van der Waals surface area contributed by atoms with E-state index in [2.05, 4.69) is 9.71 Å². The van der Waals surface area contributed by atoms with Gasteiger partial charge >= 0.3 is 0 Å². The Morgan fingerprint density at radius 3 is 2.58 bits per heavy atom. The zero-order chi connectivity index (χ0) is 25.7. The highest BCUT2D eigenvalue weighted by molar-refractivity contribution is 7.91. The first-order valence-electron chi connectivity index (χ1n) is 10.9. The molecule has 0 fully saturated rings. The van der Waals surface area contributed by atoms with Gasteiger partial charge in [-0.05, 0) is 29.3 Å². The summed E-state index contributed by atoms with van der Waals surface area (Å²) in [6.45, 7) is -0.227. The number of hydroxylamine groups is 1. The number of fused-ring (bicyclic) bond motifs is 1. The highest BCUT2D eigenvalue weighted by atomic mass is 32.2. The summed E-state index contributed by atoms with van der Waals surface area (Å²) in [6.07, 6.45) is 3.20. The summed E-state index contributed by atoms with van der Waals surface area (Å²) in [5.74, 6) is 5.36. The molecule has 0 saturated heterocycles. The van der Waals surface area contributed by atoms with Crippen LogP contribution >= 0.6 is 11.3 Å². The molecule has 2 aromatic carbocycles. The highest BCUT2D eigenvalue weighted by Crippen LogP contribution is 2.30. The van der Waals surface area contributed by atoms with Gasteiger partial charge in [0, 0.05) is 40.3 Å². The maximum atomic E-state index is 12.8. The van der Waals surface area contributed by atoms with Crippen molar-refractivity contribution in [2.75, 3.05) is 6.54 Å². The summed E-state index contributed by atoms with van der Waals surface area (Å²) >= 11 is 1.14. The molecule has 36 heavy (non-hydrogen) atoms. The van der Waals surface area contributed by atoms with Crippen molar-refractivity contribution in [2.24, 2.45) is 11.6 Å². The van der Waals surface area contributed by atoms with Gasteiger partial charge < -0.3 is 15.7 Å². The molecule has 4 aromatic rings. The number of rotatable bonds is 10. The molecule has 0 aliphatic rings. The van der Waals surface area contributed by atoms with Gasteiger partial charge in [0.2, 0.25) is 10.0 Å². The number of para-hydroxylation sites is 1. The van der Waals surface area contributed by atoms with Crippen LogP contribution in [0.5, 0.6) is 0 Å². The quantitative estimate of drug-likeness (QED) is 0.105. The van der Waals surface area contributed by atoms with Crippen molar-refractivity contribution in [3.8, 4) is 10.4 Å². The molecule has 0 saturated carbocycles. The Balaban J connectivity index is 1.44. The minimum absolute atomic E-state index is 0.0792. The predicted molar refractivity (Wildman–Crippen MR) is 139 cm³/mol. The van der Waals surface area contributed by atoms with Gasteiger partial charge in [-0.15, -0.1) is 11.3 Å². The van der Waals surface area contributed by atoms with Crippen LogP contribution in [0, 0.1) is 0 Å². The molecule has 2 aromatic heterocycles. The van der Waals surface area contributed by atoms with Gasteiger partial charge in [-0.3, -0.25) is 10.0 Å². The van der Waals surface area contributed by atoms with E-state index in [1.807, 2.05) is 54.6 Å². The normalized spacial score (nSPS) is 13.0. The first-order valence-corrected chi connectivity index (χ1v) is 13.2. The van der Waals surface area contributed by atoms with Crippen LogP contribution in [0.25, 0.3) is 21.3 Å². The number of hydrogen-bond donors (Lipinski definition) is 6. The molecule has 2 heterocycles. The minimum atomic E-state index is -3.82. The standard InChI is InChI=1S/C24H26N6O4S2/c25-18(14-28-36(33,34)23-11-10-22(35-23)16-6-2-1-3-7-16)15-30(26)21(24(31)29-32)12-17-13-27-20-9-5-4-8-19(17)20/h1-11,13,15,21,27-28,32H,12,14,25-26H2,(H,29,31)/b18-15-/t21-/m1/s1. The number of hydrogen-bond acceptors (Lipinski definition) is 8.